The highest BCUT2D eigenvalue weighted by Crippen LogP contribution is 2.29. The average molecular weight is 924 g/mol. The number of carbonyl (C=O) groups excluding carboxylic acids is 2. The van der Waals surface area contributed by atoms with Crippen LogP contribution in [-0.2, 0) is 57.0 Å². The number of hydrogen-bond acceptors (Lipinski definition) is 15. The largest absolute Gasteiger partial charge is 0.420 e. The lowest BCUT2D eigenvalue weighted by atomic mass is 10.0. The Hall–Kier alpha value is -2.67. The molecule has 1 unspecified atom stereocenters. The highest BCUT2D eigenvalue weighted by Gasteiger charge is 2.34. The molecule has 0 saturated carbocycles. The molecule has 1 rings (SSSR count). The fraction of sp³-hybridized carbons (Fsp3) is 0.810. The van der Waals surface area contributed by atoms with E-state index in [1.54, 1.807) is 0 Å². The molecule has 63 heavy (non-hydrogen) atoms. The number of amides is 1. The molecule has 0 saturated heterocycles. The first-order chi connectivity index (χ1) is 30.5. The SMILES string of the molecule is CCCCCCOCCOCC(COCCOCCOCCC)(COCCOCCOCCN)NC(=O)CCOCCOCCC(=O)Oc1c(F)c(F)c(F)c(F)c1F.CCCN. The van der Waals surface area contributed by atoms with Gasteiger partial charge in [-0.2, -0.15) is 8.78 Å². The normalized spacial score (nSPS) is 12.2. The minimum Gasteiger partial charge on any atom is -0.420 e. The Morgan fingerprint density at radius 2 is 0.841 bits per heavy atom. The van der Waals surface area contributed by atoms with Crippen LogP contribution in [0.5, 0.6) is 5.75 Å². The van der Waals surface area contributed by atoms with Crippen LogP contribution in [-0.4, -0.2) is 163 Å². The van der Waals surface area contributed by atoms with Crippen molar-refractivity contribution in [2.75, 3.05) is 145 Å². The number of rotatable bonds is 42. The molecule has 0 aliphatic carbocycles. The van der Waals surface area contributed by atoms with Gasteiger partial charge < -0.3 is 68.9 Å². The summed E-state index contributed by atoms with van der Waals surface area (Å²) in [6.07, 6.45) is 5.71. The fourth-order valence-electron chi connectivity index (χ4n) is 4.83. The van der Waals surface area contributed by atoms with Crippen molar-refractivity contribution in [1.82, 2.24) is 5.32 Å². The van der Waals surface area contributed by atoms with Crippen molar-refractivity contribution < 1.29 is 83.6 Å². The predicted molar refractivity (Wildman–Crippen MR) is 223 cm³/mol. The van der Waals surface area contributed by atoms with E-state index in [1.807, 2.05) is 6.92 Å². The van der Waals surface area contributed by atoms with Gasteiger partial charge in [-0.15, -0.1) is 0 Å². The molecule has 1 aromatic carbocycles. The Bertz CT molecular complexity index is 1190. The predicted octanol–water partition coefficient (Wildman–Crippen LogP) is 4.39. The summed E-state index contributed by atoms with van der Waals surface area (Å²) in [5.41, 5.74) is 9.34. The third kappa shape index (κ3) is 31.8. The van der Waals surface area contributed by atoms with E-state index in [1.165, 1.54) is 0 Å². The smallest absolute Gasteiger partial charge is 0.313 e. The van der Waals surface area contributed by atoms with Crippen LogP contribution in [0.25, 0.3) is 0 Å². The zero-order valence-corrected chi connectivity index (χ0v) is 37.6. The Morgan fingerprint density at radius 1 is 0.444 bits per heavy atom. The molecule has 0 aromatic heterocycles. The molecule has 370 valence electrons. The Kier molecular flexibility index (Phi) is 40.2. The van der Waals surface area contributed by atoms with Crippen molar-refractivity contribution >= 4 is 11.9 Å². The average Bonchev–Trinajstić information content (AvgIpc) is 3.28. The van der Waals surface area contributed by atoms with Crippen LogP contribution in [0.3, 0.4) is 0 Å². The van der Waals surface area contributed by atoms with E-state index in [9.17, 15) is 31.5 Å². The van der Waals surface area contributed by atoms with E-state index < -0.39 is 52.8 Å². The molecule has 0 aliphatic heterocycles. The second kappa shape index (κ2) is 42.0. The third-order valence-corrected chi connectivity index (χ3v) is 8.12. The minimum atomic E-state index is -2.37. The molecule has 16 nitrogen and oxygen atoms in total. The summed E-state index contributed by atoms with van der Waals surface area (Å²) in [5.74, 6) is -14.8. The van der Waals surface area contributed by atoms with E-state index in [-0.39, 0.29) is 85.0 Å². The summed E-state index contributed by atoms with van der Waals surface area (Å²) in [7, 11) is 0. The van der Waals surface area contributed by atoms with Crippen LogP contribution in [0, 0.1) is 29.1 Å². The van der Waals surface area contributed by atoms with Gasteiger partial charge >= 0.3 is 5.97 Å². The van der Waals surface area contributed by atoms with Crippen molar-refractivity contribution in [1.29, 1.82) is 0 Å². The molecule has 0 fully saturated rings. The monoisotopic (exact) mass is 924 g/mol. The molecule has 0 radical (unpaired) electrons. The second-order valence-corrected chi connectivity index (χ2v) is 13.8. The van der Waals surface area contributed by atoms with Crippen molar-refractivity contribution in [3.8, 4) is 5.75 Å². The molecule has 1 amide bonds. The molecule has 5 N–H and O–H groups in total. The van der Waals surface area contributed by atoms with Crippen LogP contribution in [0.15, 0.2) is 0 Å². The van der Waals surface area contributed by atoms with E-state index in [0.29, 0.717) is 66.0 Å². The lowest BCUT2D eigenvalue weighted by Crippen LogP contribution is -2.59. The lowest BCUT2D eigenvalue weighted by molar-refractivity contribution is -0.136. The number of ether oxygens (including phenoxy) is 11. The standard InChI is InChI=1S/C39H65F5N2O13.C3H9N/c1-3-5-6-7-12-50-22-25-56-28-39(29-57-26-23-54-20-16-49-11-4-2,30-58-27-24-55-21-19-53-15-10-45)46-31(47)8-13-51-17-18-52-14-9-32(48)59-38-36(43)34(41)33(40)35(42)37(38)44;1-2-3-4/h3-30,45H2,1-2H3,(H,46,47);2-4H2,1H3. The lowest BCUT2D eigenvalue weighted by Gasteiger charge is -2.34. The van der Waals surface area contributed by atoms with Gasteiger partial charge in [0.1, 0.15) is 5.54 Å². The number of halogens is 5. The second-order valence-electron chi connectivity index (χ2n) is 13.8. The van der Waals surface area contributed by atoms with Crippen molar-refractivity contribution in [3.63, 3.8) is 0 Å². The maximum atomic E-state index is 13.8. The summed E-state index contributed by atoms with van der Waals surface area (Å²) in [6, 6.07) is 0. The Balaban J connectivity index is 0.00000918. The zero-order chi connectivity index (χ0) is 46.8. The van der Waals surface area contributed by atoms with Crippen molar-refractivity contribution in [2.45, 2.75) is 77.7 Å². The van der Waals surface area contributed by atoms with E-state index in [4.69, 9.17) is 58.8 Å². The van der Waals surface area contributed by atoms with Crippen LogP contribution in [0.1, 0.15) is 72.1 Å². The van der Waals surface area contributed by atoms with Gasteiger partial charge in [0.15, 0.2) is 0 Å². The number of unbranched alkanes of at least 4 members (excludes halogenated alkanes) is 3. The molecule has 21 heteroatoms. The fourth-order valence-corrected chi connectivity index (χ4v) is 4.83. The van der Waals surface area contributed by atoms with Gasteiger partial charge in [-0.25, -0.2) is 13.2 Å². The number of nitrogens with one attached hydrogen (secondary N) is 1. The highest BCUT2D eigenvalue weighted by molar-refractivity contribution is 5.77. The summed E-state index contributed by atoms with van der Waals surface area (Å²) < 4.78 is 128. The van der Waals surface area contributed by atoms with E-state index in [0.717, 1.165) is 45.1 Å². The minimum absolute atomic E-state index is 0.000361. The van der Waals surface area contributed by atoms with E-state index in [2.05, 4.69) is 23.9 Å². The zero-order valence-electron chi connectivity index (χ0n) is 37.6. The number of hydrogen-bond donors (Lipinski definition) is 3. The van der Waals surface area contributed by atoms with Gasteiger partial charge in [0.05, 0.1) is 125 Å². The van der Waals surface area contributed by atoms with Gasteiger partial charge in [-0.1, -0.05) is 40.0 Å². The Labute approximate surface area is 369 Å². The molecule has 1 atom stereocenters. The first kappa shape index (κ1) is 60.3. The summed E-state index contributed by atoms with van der Waals surface area (Å²) in [5, 5.41) is 3.00. The quantitative estimate of drug-likeness (QED) is 0.0208. The topological polar surface area (TPSA) is 200 Å². The first-order valence-electron chi connectivity index (χ1n) is 21.7. The van der Waals surface area contributed by atoms with Gasteiger partial charge in [0.25, 0.3) is 0 Å². The van der Waals surface area contributed by atoms with Gasteiger partial charge in [-0.05, 0) is 25.8 Å². The van der Waals surface area contributed by atoms with E-state index >= 15 is 0 Å². The first-order valence-corrected chi connectivity index (χ1v) is 21.7. The molecule has 0 heterocycles. The van der Waals surface area contributed by atoms with Crippen LogP contribution >= 0.6 is 0 Å². The molecular weight excluding hydrogens is 849 g/mol. The van der Waals surface area contributed by atoms with Gasteiger partial charge in [0, 0.05) is 26.2 Å². The number of nitrogens with two attached hydrogens (primary N) is 2. The molecule has 0 aliphatic rings. The summed E-state index contributed by atoms with van der Waals surface area (Å²) in [4.78, 5) is 25.1. The van der Waals surface area contributed by atoms with Crippen LogP contribution in [0.2, 0.25) is 0 Å². The maximum Gasteiger partial charge on any atom is 0.313 e. The van der Waals surface area contributed by atoms with Gasteiger partial charge in [0.2, 0.25) is 40.7 Å². The molecule has 0 bridgehead atoms. The number of benzene rings is 1. The van der Waals surface area contributed by atoms with Crippen LogP contribution < -0.4 is 21.5 Å². The molecule has 1 aromatic rings. The highest BCUT2D eigenvalue weighted by atomic mass is 19.2. The Morgan fingerprint density at radius 3 is 1.29 bits per heavy atom. The van der Waals surface area contributed by atoms with Gasteiger partial charge in [-0.3, -0.25) is 9.59 Å². The number of esters is 1. The third-order valence-electron chi connectivity index (χ3n) is 8.12. The number of carbonyl (C=O) groups is 2. The maximum absolute atomic E-state index is 13.8. The van der Waals surface area contributed by atoms with Crippen molar-refractivity contribution in [3.05, 3.63) is 29.1 Å². The summed E-state index contributed by atoms with van der Waals surface area (Å²) >= 11 is 0. The summed E-state index contributed by atoms with van der Waals surface area (Å²) in [6.45, 7) is 12.2. The van der Waals surface area contributed by atoms with Crippen molar-refractivity contribution in [2.24, 2.45) is 11.5 Å². The molecule has 0 spiro atoms. The van der Waals surface area contributed by atoms with Crippen LogP contribution in [0.4, 0.5) is 22.0 Å². The molecular formula is C42H74F5N3O13.